The van der Waals surface area contributed by atoms with Crippen LogP contribution in [0.4, 0.5) is 15.2 Å². The van der Waals surface area contributed by atoms with E-state index in [0.717, 1.165) is 12.8 Å². The van der Waals surface area contributed by atoms with Crippen molar-refractivity contribution in [1.29, 1.82) is 0 Å². The lowest BCUT2D eigenvalue weighted by Crippen LogP contribution is -2.45. The van der Waals surface area contributed by atoms with Gasteiger partial charge >= 0.3 is 0 Å². The maximum Gasteiger partial charge on any atom is 0.273 e. The van der Waals surface area contributed by atoms with Crippen molar-refractivity contribution in [2.45, 2.75) is 19.4 Å². The molecule has 156 valence electrons. The van der Waals surface area contributed by atoms with E-state index in [-0.39, 0.29) is 23.5 Å². The van der Waals surface area contributed by atoms with Gasteiger partial charge in [0.1, 0.15) is 17.3 Å². The van der Waals surface area contributed by atoms with Crippen molar-refractivity contribution in [3.8, 4) is 0 Å². The molecule has 30 heavy (non-hydrogen) atoms. The summed E-state index contributed by atoms with van der Waals surface area (Å²) >= 11 is 1.30. The second-order valence-corrected chi connectivity index (χ2v) is 7.92. The van der Waals surface area contributed by atoms with Gasteiger partial charge in [-0.3, -0.25) is 9.59 Å². The first kappa shape index (κ1) is 20.1. The number of aromatic nitrogens is 1. The van der Waals surface area contributed by atoms with Gasteiger partial charge in [0.2, 0.25) is 5.91 Å². The number of anilines is 2. The fraction of sp³-hybridized carbons (Fsp3) is 0.286. The van der Waals surface area contributed by atoms with Crippen LogP contribution in [0.5, 0.6) is 0 Å². The molecule has 0 radical (unpaired) electrons. The fourth-order valence-electron chi connectivity index (χ4n) is 3.36. The van der Waals surface area contributed by atoms with Crippen molar-refractivity contribution in [2.24, 2.45) is 5.92 Å². The molecule has 0 aliphatic carbocycles. The molecule has 3 aromatic rings. The standard InChI is InChI=1S/C21H21FN4O3S/c22-15-5-7-16(8-6-15)24-21-25-18(13-30-21)20(28)26-9-1-3-14(12-26)19(27)23-11-17-4-2-10-29-17/h2,4-8,10,13-14H,1,3,9,11-12H2,(H,23,27)(H,24,25). The Labute approximate surface area is 176 Å². The van der Waals surface area contributed by atoms with Gasteiger partial charge in [-0.25, -0.2) is 9.37 Å². The first-order chi connectivity index (χ1) is 14.6. The number of carbonyl (C=O) groups is 2. The van der Waals surface area contributed by atoms with Crippen molar-refractivity contribution in [2.75, 3.05) is 18.4 Å². The zero-order chi connectivity index (χ0) is 20.9. The minimum Gasteiger partial charge on any atom is -0.467 e. The Balaban J connectivity index is 1.34. The number of hydrogen-bond donors (Lipinski definition) is 2. The maximum atomic E-state index is 13.0. The average Bonchev–Trinajstić information content (AvgIpc) is 3.45. The van der Waals surface area contributed by atoms with Gasteiger partial charge in [0, 0.05) is 24.2 Å². The quantitative estimate of drug-likeness (QED) is 0.624. The highest BCUT2D eigenvalue weighted by Gasteiger charge is 2.29. The number of likely N-dealkylation sites (tertiary alicyclic amines) is 1. The molecule has 2 amide bonds. The van der Waals surface area contributed by atoms with Crippen LogP contribution in [0, 0.1) is 11.7 Å². The lowest BCUT2D eigenvalue weighted by molar-refractivity contribution is -0.126. The van der Waals surface area contributed by atoms with Crippen LogP contribution in [-0.2, 0) is 11.3 Å². The van der Waals surface area contributed by atoms with Crippen LogP contribution >= 0.6 is 11.3 Å². The van der Waals surface area contributed by atoms with E-state index in [1.807, 2.05) is 0 Å². The monoisotopic (exact) mass is 428 g/mol. The minimum atomic E-state index is -0.316. The van der Waals surface area contributed by atoms with Gasteiger partial charge in [-0.2, -0.15) is 0 Å². The molecule has 2 N–H and O–H groups in total. The number of amides is 2. The summed E-state index contributed by atoms with van der Waals surface area (Å²) in [6.07, 6.45) is 3.06. The van der Waals surface area contributed by atoms with E-state index in [2.05, 4.69) is 15.6 Å². The number of benzene rings is 1. The number of thiazole rings is 1. The summed E-state index contributed by atoms with van der Waals surface area (Å²) in [6, 6.07) is 9.50. The van der Waals surface area contributed by atoms with Gasteiger partial charge in [0.25, 0.3) is 5.91 Å². The number of carbonyl (C=O) groups excluding carboxylic acids is 2. The van der Waals surface area contributed by atoms with Gasteiger partial charge in [0.05, 0.1) is 18.7 Å². The zero-order valence-electron chi connectivity index (χ0n) is 16.1. The van der Waals surface area contributed by atoms with E-state index >= 15 is 0 Å². The smallest absolute Gasteiger partial charge is 0.273 e. The minimum absolute atomic E-state index is 0.0826. The Kier molecular flexibility index (Phi) is 6.08. The van der Waals surface area contributed by atoms with Crippen LogP contribution in [0.1, 0.15) is 29.1 Å². The molecule has 7 nitrogen and oxygen atoms in total. The van der Waals surface area contributed by atoms with E-state index in [1.54, 1.807) is 40.8 Å². The predicted molar refractivity (Wildman–Crippen MR) is 111 cm³/mol. The summed E-state index contributed by atoms with van der Waals surface area (Å²) in [5.74, 6) is -0.157. The number of furan rings is 1. The van der Waals surface area contributed by atoms with Crippen molar-refractivity contribution in [3.63, 3.8) is 0 Å². The molecule has 2 aromatic heterocycles. The molecule has 0 saturated carbocycles. The highest BCUT2D eigenvalue weighted by molar-refractivity contribution is 7.14. The van der Waals surface area contributed by atoms with Crippen molar-refractivity contribution in [1.82, 2.24) is 15.2 Å². The number of halogens is 1. The van der Waals surface area contributed by atoms with E-state index in [4.69, 9.17) is 4.42 Å². The maximum absolute atomic E-state index is 13.0. The predicted octanol–water partition coefficient (Wildman–Crippen LogP) is 3.79. The largest absolute Gasteiger partial charge is 0.467 e. The number of nitrogens with one attached hydrogen (secondary N) is 2. The van der Waals surface area contributed by atoms with Crippen LogP contribution < -0.4 is 10.6 Å². The highest BCUT2D eigenvalue weighted by Crippen LogP contribution is 2.24. The van der Waals surface area contributed by atoms with Crippen LogP contribution in [0.15, 0.2) is 52.5 Å². The van der Waals surface area contributed by atoms with Crippen molar-refractivity contribution < 1.29 is 18.4 Å². The van der Waals surface area contributed by atoms with Crippen molar-refractivity contribution >= 4 is 34.0 Å². The molecular weight excluding hydrogens is 407 g/mol. The van der Waals surface area contributed by atoms with Crippen LogP contribution in [-0.4, -0.2) is 34.8 Å². The first-order valence-electron chi connectivity index (χ1n) is 9.66. The Hall–Kier alpha value is -3.20. The van der Waals surface area contributed by atoms with E-state index in [9.17, 15) is 14.0 Å². The van der Waals surface area contributed by atoms with E-state index in [1.165, 1.54) is 23.5 Å². The van der Waals surface area contributed by atoms with Gasteiger partial charge in [-0.05, 0) is 49.2 Å². The molecule has 1 saturated heterocycles. The Morgan fingerprint density at radius 2 is 2.10 bits per heavy atom. The fourth-order valence-corrected chi connectivity index (χ4v) is 4.06. The third-order valence-corrected chi connectivity index (χ3v) is 5.67. The Bertz CT molecular complexity index is 1000. The lowest BCUT2D eigenvalue weighted by Gasteiger charge is -2.31. The molecule has 1 aliphatic heterocycles. The number of hydrogen-bond acceptors (Lipinski definition) is 6. The van der Waals surface area contributed by atoms with E-state index in [0.29, 0.717) is 41.9 Å². The summed E-state index contributed by atoms with van der Waals surface area (Å²) in [4.78, 5) is 31.4. The molecular formula is C21H21FN4O3S. The molecule has 1 aromatic carbocycles. The molecule has 1 fully saturated rings. The Morgan fingerprint density at radius 3 is 2.87 bits per heavy atom. The van der Waals surface area contributed by atoms with Gasteiger partial charge < -0.3 is 20.0 Å². The number of piperidine rings is 1. The highest BCUT2D eigenvalue weighted by atomic mass is 32.1. The molecule has 1 unspecified atom stereocenters. The van der Waals surface area contributed by atoms with E-state index < -0.39 is 0 Å². The second-order valence-electron chi connectivity index (χ2n) is 7.06. The number of nitrogens with zero attached hydrogens (tertiary/aromatic N) is 2. The van der Waals surface area contributed by atoms with Crippen LogP contribution in [0.3, 0.4) is 0 Å². The zero-order valence-corrected chi connectivity index (χ0v) is 17.0. The molecule has 0 bridgehead atoms. The Morgan fingerprint density at radius 1 is 1.27 bits per heavy atom. The number of rotatable bonds is 6. The summed E-state index contributed by atoms with van der Waals surface area (Å²) in [5, 5.41) is 8.17. The third kappa shape index (κ3) is 4.85. The first-order valence-corrected chi connectivity index (χ1v) is 10.5. The lowest BCUT2D eigenvalue weighted by atomic mass is 9.97. The summed E-state index contributed by atoms with van der Waals surface area (Å²) in [6.45, 7) is 1.29. The average molecular weight is 428 g/mol. The molecule has 4 rings (SSSR count). The van der Waals surface area contributed by atoms with Crippen LogP contribution in [0.25, 0.3) is 0 Å². The molecule has 1 aliphatic rings. The summed E-state index contributed by atoms with van der Waals surface area (Å²) < 4.78 is 18.3. The van der Waals surface area contributed by atoms with Crippen LogP contribution in [0.2, 0.25) is 0 Å². The van der Waals surface area contributed by atoms with Gasteiger partial charge in [0.15, 0.2) is 5.13 Å². The summed E-state index contributed by atoms with van der Waals surface area (Å²) in [5.41, 5.74) is 1.03. The topological polar surface area (TPSA) is 87.5 Å². The van der Waals surface area contributed by atoms with Gasteiger partial charge in [-0.1, -0.05) is 0 Å². The SMILES string of the molecule is O=C(NCc1ccco1)C1CCCN(C(=O)c2csc(Nc3ccc(F)cc3)n2)C1. The van der Waals surface area contributed by atoms with Gasteiger partial charge in [-0.15, -0.1) is 11.3 Å². The normalized spacial score (nSPS) is 16.3. The molecule has 1 atom stereocenters. The van der Waals surface area contributed by atoms with Crippen molar-refractivity contribution in [3.05, 3.63) is 65.3 Å². The molecule has 3 heterocycles. The molecule has 0 spiro atoms. The third-order valence-electron chi connectivity index (χ3n) is 4.92. The molecule has 9 heteroatoms. The second kappa shape index (κ2) is 9.08. The summed E-state index contributed by atoms with van der Waals surface area (Å²) in [7, 11) is 0.